The van der Waals surface area contributed by atoms with E-state index in [1.807, 2.05) is 30.3 Å². The summed E-state index contributed by atoms with van der Waals surface area (Å²) in [4.78, 5) is 0. The largest absolute Gasteiger partial charge is 0.493 e. The first-order valence-corrected chi connectivity index (χ1v) is 12.0. The molecular formula is C27H35BFNO4. The normalized spacial score (nSPS) is 16.9. The molecule has 0 saturated carbocycles. The number of benzene rings is 2. The lowest BCUT2D eigenvalue weighted by atomic mass is 9.82. The second-order valence-corrected chi connectivity index (χ2v) is 9.99. The Kier molecular flexibility index (Phi) is 6.97. The van der Waals surface area contributed by atoms with E-state index in [0.29, 0.717) is 11.5 Å². The van der Waals surface area contributed by atoms with Gasteiger partial charge >= 0.3 is 7.12 Å². The highest BCUT2D eigenvalue weighted by atomic mass is 19.1. The molecule has 0 radical (unpaired) electrons. The van der Waals surface area contributed by atoms with Gasteiger partial charge in [0, 0.05) is 28.7 Å². The van der Waals surface area contributed by atoms with Crippen LogP contribution in [0.1, 0.15) is 47.0 Å². The molecule has 0 spiro atoms. The molecule has 1 fully saturated rings. The van der Waals surface area contributed by atoms with Crippen LogP contribution in [0.15, 0.2) is 42.5 Å². The van der Waals surface area contributed by atoms with Crippen molar-refractivity contribution in [1.82, 2.24) is 4.57 Å². The zero-order valence-electron chi connectivity index (χ0n) is 21.1. The first-order chi connectivity index (χ1) is 16.1. The van der Waals surface area contributed by atoms with Crippen molar-refractivity contribution in [2.45, 2.75) is 71.0 Å². The van der Waals surface area contributed by atoms with Crippen LogP contribution in [0.2, 0.25) is 6.32 Å². The van der Waals surface area contributed by atoms with Crippen molar-refractivity contribution in [3.63, 3.8) is 0 Å². The average molecular weight is 467 g/mol. The number of ether oxygens (including phenoxy) is 2. The van der Waals surface area contributed by atoms with Crippen LogP contribution in [-0.2, 0) is 15.9 Å². The molecule has 0 bridgehead atoms. The van der Waals surface area contributed by atoms with Crippen LogP contribution in [0, 0.1) is 5.82 Å². The van der Waals surface area contributed by atoms with Crippen LogP contribution >= 0.6 is 0 Å². The van der Waals surface area contributed by atoms with Gasteiger partial charge in [-0.3, -0.25) is 0 Å². The first kappa shape index (κ1) is 24.6. The number of nitrogens with zero attached hydrogens (tertiary/aromatic N) is 1. The second kappa shape index (κ2) is 9.63. The molecule has 1 aliphatic rings. The predicted molar refractivity (Wildman–Crippen MR) is 135 cm³/mol. The highest BCUT2D eigenvalue weighted by Gasteiger charge is 2.50. The van der Waals surface area contributed by atoms with Crippen molar-refractivity contribution < 1.29 is 23.2 Å². The van der Waals surface area contributed by atoms with E-state index in [0.717, 1.165) is 54.3 Å². The molecule has 0 atom stereocenters. The minimum absolute atomic E-state index is 0.150. The summed E-state index contributed by atoms with van der Waals surface area (Å²) in [5.41, 5.74) is 2.49. The standard InChI is InChI=1S/C27H35BFNO4/c1-26(2)27(3,4)34-28(33-26)14-8-7-9-15-30-22-12-11-21(29)16-20(22)17-23(30)19-10-13-24(31-5)25(18-19)32-6/h10-13,16-18H,7-9,14-15H2,1-6H3. The van der Waals surface area contributed by atoms with E-state index >= 15 is 0 Å². The minimum Gasteiger partial charge on any atom is -0.493 e. The maximum absolute atomic E-state index is 13.9. The van der Waals surface area contributed by atoms with Crippen LogP contribution in [0.4, 0.5) is 4.39 Å². The van der Waals surface area contributed by atoms with Gasteiger partial charge in [-0.25, -0.2) is 4.39 Å². The van der Waals surface area contributed by atoms with Crippen molar-refractivity contribution in [2.75, 3.05) is 14.2 Å². The summed E-state index contributed by atoms with van der Waals surface area (Å²) in [6, 6.07) is 12.9. The zero-order chi connectivity index (χ0) is 24.5. The summed E-state index contributed by atoms with van der Waals surface area (Å²) in [7, 11) is 3.11. The summed E-state index contributed by atoms with van der Waals surface area (Å²) < 4.78 is 39.3. The van der Waals surface area contributed by atoms with Crippen LogP contribution in [0.5, 0.6) is 11.5 Å². The Hall–Kier alpha value is -2.51. The monoisotopic (exact) mass is 467 g/mol. The molecule has 34 heavy (non-hydrogen) atoms. The zero-order valence-corrected chi connectivity index (χ0v) is 21.1. The topological polar surface area (TPSA) is 41.9 Å². The van der Waals surface area contributed by atoms with E-state index in [-0.39, 0.29) is 24.1 Å². The maximum atomic E-state index is 13.9. The summed E-state index contributed by atoms with van der Waals surface area (Å²) >= 11 is 0. The van der Waals surface area contributed by atoms with Gasteiger partial charge in [-0.2, -0.15) is 0 Å². The third kappa shape index (κ3) is 4.82. The van der Waals surface area contributed by atoms with E-state index in [1.165, 1.54) is 6.07 Å². The van der Waals surface area contributed by atoms with Gasteiger partial charge in [0.1, 0.15) is 5.82 Å². The maximum Gasteiger partial charge on any atom is 0.457 e. The number of rotatable bonds is 9. The molecule has 1 aromatic heterocycles. The molecule has 0 amide bonds. The Morgan fingerprint density at radius 2 is 1.56 bits per heavy atom. The fourth-order valence-corrected chi connectivity index (χ4v) is 4.56. The van der Waals surface area contributed by atoms with Crippen LogP contribution in [-0.4, -0.2) is 37.1 Å². The highest BCUT2D eigenvalue weighted by molar-refractivity contribution is 6.45. The van der Waals surface area contributed by atoms with E-state index in [4.69, 9.17) is 18.8 Å². The second-order valence-electron chi connectivity index (χ2n) is 9.99. The number of methoxy groups -OCH3 is 2. The number of aryl methyl sites for hydroxylation is 1. The fraction of sp³-hybridized carbons (Fsp3) is 0.481. The Bertz CT molecular complexity index is 1140. The molecule has 7 heteroatoms. The average Bonchev–Trinajstić information content (AvgIpc) is 3.24. The Morgan fingerprint density at radius 3 is 2.24 bits per heavy atom. The Balaban J connectivity index is 1.48. The first-order valence-electron chi connectivity index (χ1n) is 12.0. The smallest absolute Gasteiger partial charge is 0.457 e. The quantitative estimate of drug-likeness (QED) is 0.259. The number of hydrogen-bond acceptors (Lipinski definition) is 4. The van der Waals surface area contributed by atoms with Gasteiger partial charge in [-0.15, -0.1) is 0 Å². The van der Waals surface area contributed by atoms with Crippen molar-refractivity contribution >= 4 is 18.0 Å². The van der Waals surface area contributed by atoms with Crippen molar-refractivity contribution in [2.24, 2.45) is 0 Å². The van der Waals surface area contributed by atoms with Gasteiger partial charge in [0.25, 0.3) is 0 Å². The number of fused-ring (bicyclic) bond motifs is 1. The lowest BCUT2D eigenvalue weighted by Crippen LogP contribution is -2.41. The van der Waals surface area contributed by atoms with Crippen LogP contribution in [0.25, 0.3) is 22.2 Å². The summed E-state index contributed by atoms with van der Waals surface area (Å²) in [6.07, 6.45) is 3.96. The molecule has 1 saturated heterocycles. The van der Waals surface area contributed by atoms with Crippen LogP contribution < -0.4 is 9.47 Å². The molecule has 5 nitrogen and oxygen atoms in total. The summed E-state index contributed by atoms with van der Waals surface area (Å²) in [5.74, 6) is 1.12. The van der Waals surface area contributed by atoms with Gasteiger partial charge in [-0.05, 0) is 82.9 Å². The molecule has 1 aliphatic heterocycles. The Morgan fingerprint density at radius 1 is 0.853 bits per heavy atom. The van der Waals surface area contributed by atoms with E-state index in [9.17, 15) is 4.39 Å². The highest BCUT2D eigenvalue weighted by Crippen LogP contribution is 2.38. The third-order valence-electron chi connectivity index (χ3n) is 7.17. The molecule has 3 aromatic rings. The van der Waals surface area contributed by atoms with Crippen LogP contribution in [0.3, 0.4) is 0 Å². The molecule has 182 valence electrons. The molecular weight excluding hydrogens is 432 g/mol. The van der Waals surface area contributed by atoms with E-state index in [2.05, 4.69) is 32.3 Å². The number of halogens is 1. The fourth-order valence-electron chi connectivity index (χ4n) is 4.56. The molecule has 4 rings (SSSR count). The van der Waals surface area contributed by atoms with Gasteiger partial charge in [0.05, 0.1) is 25.4 Å². The van der Waals surface area contributed by atoms with Crippen molar-refractivity contribution in [3.05, 3.63) is 48.3 Å². The van der Waals surface area contributed by atoms with Crippen molar-refractivity contribution in [1.29, 1.82) is 0 Å². The lowest BCUT2D eigenvalue weighted by Gasteiger charge is -2.32. The SMILES string of the molecule is COc1ccc(-c2cc3cc(F)ccc3n2CCCCCB2OC(C)(C)C(C)(C)O2)cc1OC. The number of unbranched alkanes of at least 4 members (excludes halogenated alkanes) is 2. The molecule has 2 aromatic carbocycles. The number of aromatic nitrogens is 1. The summed E-state index contributed by atoms with van der Waals surface area (Å²) in [5, 5.41) is 0.891. The number of hydrogen-bond donors (Lipinski definition) is 0. The van der Waals surface area contributed by atoms with Gasteiger partial charge in [0.2, 0.25) is 0 Å². The molecule has 0 N–H and O–H groups in total. The predicted octanol–water partition coefficient (Wildman–Crippen LogP) is 6.73. The lowest BCUT2D eigenvalue weighted by molar-refractivity contribution is 0.00578. The molecule has 0 aliphatic carbocycles. The van der Waals surface area contributed by atoms with Gasteiger partial charge in [0.15, 0.2) is 11.5 Å². The molecule has 2 heterocycles. The van der Waals surface area contributed by atoms with E-state index in [1.54, 1.807) is 20.3 Å². The van der Waals surface area contributed by atoms with Crippen molar-refractivity contribution in [3.8, 4) is 22.8 Å². The minimum atomic E-state index is -0.286. The van der Waals surface area contributed by atoms with Gasteiger partial charge in [-0.1, -0.05) is 12.8 Å². The molecule has 0 unspecified atom stereocenters. The Labute approximate surface area is 202 Å². The summed E-state index contributed by atoms with van der Waals surface area (Å²) in [6.45, 7) is 9.18. The van der Waals surface area contributed by atoms with Gasteiger partial charge < -0.3 is 23.3 Å². The van der Waals surface area contributed by atoms with E-state index < -0.39 is 0 Å². The third-order valence-corrected chi connectivity index (χ3v) is 7.17.